The van der Waals surface area contributed by atoms with Gasteiger partial charge in [0.1, 0.15) is 17.1 Å². The lowest BCUT2D eigenvalue weighted by molar-refractivity contribution is 0.415. The summed E-state index contributed by atoms with van der Waals surface area (Å²) >= 11 is 0. The molecule has 3 aromatic rings. The topological polar surface area (TPSA) is 39.4 Å². The second kappa shape index (κ2) is 4.14. The first-order chi connectivity index (χ1) is 8.79. The second-order valence-corrected chi connectivity index (χ2v) is 4.01. The van der Waals surface area contributed by atoms with Gasteiger partial charge in [-0.05, 0) is 24.6 Å². The van der Waals surface area contributed by atoms with E-state index in [0.29, 0.717) is 0 Å². The fourth-order valence-corrected chi connectivity index (χ4v) is 1.98. The highest BCUT2D eigenvalue weighted by Crippen LogP contribution is 2.29. The van der Waals surface area contributed by atoms with E-state index in [2.05, 4.69) is 16.0 Å². The van der Waals surface area contributed by atoms with E-state index in [9.17, 15) is 0 Å². The molecule has 18 heavy (non-hydrogen) atoms. The van der Waals surface area contributed by atoms with Crippen LogP contribution in [0.4, 0.5) is 0 Å². The molecule has 0 aliphatic heterocycles. The zero-order chi connectivity index (χ0) is 12.5. The summed E-state index contributed by atoms with van der Waals surface area (Å²) in [5.74, 6) is 0.758. The van der Waals surface area contributed by atoms with Gasteiger partial charge in [-0.1, -0.05) is 0 Å². The first kappa shape index (κ1) is 10.8. The van der Waals surface area contributed by atoms with Crippen LogP contribution in [0.5, 0.6) is 5.75 Å². The molecule has 4 nitrogen and oxygen atoms in total. The number of imidazole rings is 1. The van der Waals surface area contributed by atoms with Crippen molar-refractivity contribution in [2.75, 3.05) is 7.11 Å². The van der Waals surface area contributed by atoms with Crippen LogP contribution < -0.4 is 4.74 Å². The molecule has 0 aliphatic rings. The van der Waals surface area contributed by atoms with Gasteiger partial charge >= 0.3 is 0 Å². The largest absolute Gasteiger partial charge is 0.494 e. The fourth-order valence-electron chi connectivity index (χ4n) is 1.98. The molecule has 0 saturated heterocycles. The Morgan fingerprint density at radius 3 is 3.00 bits per heavy atom. The van der Waals surface area contributed by atoms with Crippen molar-refractivity contribution in [2.24, 2.45) is 0 Å². The van der Waals surface area contributed by atoms with Crippen LogP contribution in [0.15, 0.2) is 36.9 Å². The number of fused-ring (bicyclic) bond motifs is 1. The van der Waals surface area contributed by atoms with E-state index < -0.39 is 0 Å². The predicted octanol–water partition coefficient (Wildman–Crippen LogP) is 2.51. The molecular formula is C14H12N3O. The molecule has 0 amide bonds. The molecule has 0 fully saturated rings. The zero-order valence-electron chi connectivity index (χ0n) is 10.2. The number of rotatable bonds is 2. The van der Waals surface area contributed by atoms with Crippen LogP contribution in [0.2, 0.25) is 0 Å². The third-order valence-electron chi connectivity index (χ3n) is 2.89. The summed E-state index contributed by atoms with van der Waals surface area (Å²) in [7, 11) is 1.65. The van der Waals surface area contributed by atoms with Crippen molar-refractivity contribution in [1.29, 1.82) is 0 Å². The lowest BCUT2D eigenvalue weighted by Crippen LogP contribution is -1.95. The van der Waals surface area contributed by atoms with Gasteiger partial charge in [0.25, 0.3) is 0 Å². The maximum atomic E-state index is 5.35. The summed E-state index contributed by atoms with van der Waals surface area (Å²) in [5, 5.41) is 0. The van der Waals surface area contributed by atoms with Gasteiger partial charge in [-0.2, -0.15) is 0 Å². The van der Waals surface area contributed by atoms with Gasteiger partial charge in [-0.25, -0.2) is 4.98 Å². The fraction of sp³-hybridized carbons (Fsp3) is 0.143. The first-order valence-corrected chi connectivity index (χ1v) is 5.64. The Kier molecular flexibility index (Phi) is 2.48. The number of ether oxygens (including phenoxy) is 1. The van der Waals surface area contributed by atoms with Gasteiger partial charge in [0.2, 0.25) is 0 Å². The predicted molar refractivity (Wildman–Crippen MR) is 68.5 cm³/mol. The summed E-state index contributed by atoms with van der Waals surface area (Å²) in [6.07, 6.45) is 7.41. The minimum Gasteiger partial charge on any atom is -0.494 e. The quantitative estimate of drug-likeness (QED) is 0.688. The van der Waals surface area contributed by atoms with Crippen LogP contribution in [-0.2, 0) is 0 Å². The number of methoxy groups -OCH3 is 1. The molecular weight excluding hydrogens is 226 g/mol. The van der Waals surface area contributed by atoms with Crippen LogP contribution in [0.3, 0.4) is 0 Å². The maximum absolute atomic E-state index is 5.35. The zero-order valence-corrected chi connectivity index (χ0v) is 10.2. The highest BCUT2D eigenvalue weighted by atomic mass is 16.5. The molecule has 89 valence electrons. The summed E-state index contributed by atoms with van der Waals surface area (Å²) in [6, 6.07) is 7.01. The average molecular weight is 238 g/mol. The van der Waals surface area contributed by atoms with Crippen LogP contribution in [0.25, 0.3) is 16.9 Å². The van der Waals surface area contributed by atoms with Gasteiger partial charge in [-0.3, -0.25) is 4.98 Å². The molecule has 1 radical (unpaired) electrons. The molecule has 3 rings (SSSR count). The Labute approximate surface area is 105 Å². The Morgan fingerprint density at radius 2 is 2.17 bits per heavy atom. The van der Waals surface area contributed by atoms with E-state index in [0.717, 1.165) is 28.2 Å². The van der Waals surface area contributed by atoms with E-state index in [-0.39, 0.29) is 0 Å². The van der Waals surface area contributed by atoms with Crippen molar-refractivity contribution in [2.45, 2.75) is 6.92 Å². The minimum atomic E-state index is 0.758. The summed E-state index contributed by atoms with van der Waals surface area (Å²) in [4.78, 5) is 8.61. The van der Waals surface area contributed by atoms with Crippen molar-refractivity contribution in [3.05, 3.63) is 48.5 Å². The molecule has 4 heteroatoms. The summed E-state index contributed by atoms with van der Waals surface area (Å²) in [6.45, 7) is 2.00. The third kappa shape index (κ3) is 1.62. The van der Waals surface area contributed by atoms with Crippen molar-refractivity contribution >= 4 is 5.65 Å². The average Bonchev–Trinajstić information content (AvgIpc) is 2.84. The number of aryl methyl sites for hydroxylation is 1. The second-order valence-electron chi connectivity index (χ2n) is 4.01. The third-order valence-corrected chi connectivity index (χ3v) is 2.89. The van der Waals surface area contributed by atoms with E-state index >= 15 is 0 Å². The molecule has 0 atom stereocenters. The molecule has 0 aliphatic carbocycles. The molecule has 0 saturated carbocycles. The lowest BCUT2D eigenvalue weighted by Gasteiger charge is -2.10. The van der Waals surface area contributed by atoms with E-state index in [1.807, 2.05) is 35.9 Å². The van der Waals surface area contributed by atoms with E-state index in [1.54, 1.807) is 19.5 Å². The number of pyridine rings is 2. The number of aromatic nitrogens is 3. The highest BCUT2D eigenvalue weighted by Gasteiger charge is 2.11. The Balaban J connectivity index is 2.27. The van der Waals surface area contributed by atoms with Gasteiger partial charge in [0.05, 0.1) is 7.11 Å². The Hall–Kier alpha value is -2.36. The van der Waals surface area contributed by atoms with Crippen LogP contribution >= 0.6 is 0 Å². The van der Waals surface area contributed by atoms with Crippen molar-refractivity contribution in [1.82, 2.24) is 14.4 Å². The van der Waals surface area contributed by atoms with Crippen LogP contribution in [0, 0.1) is 13.0 Å². The lowest BCUT2D eigenvalue weighted by atomic mass is 10.1. The summed E-state index contributed by atoms with van der Waals surface area (Å²) < 4.78 is 7.27. The van der Waals surface area contributed by atoms with Crippen molar-refractivity contribution in [3.8, 4) is 17.0 Å². The van der Waals surface area contributed by atoms with Crippen LogP contribution in [-0.4, -0.2) is 21.5 Å². The van der Waals surface area contributed by atoms with Gasteiger partial charge in [-0.15, -0.1) is 0 Å². The molecule has 0 spiro atoms. The number of nitrogens with zero attached hydrogens (tertiary/aromatic N) is 3. The molecule has 0 bridgehead atoms. The number of hydrogen-bond donors (Lipinski definition) is 0. The van der Waals surface area contributed by atoms with Crippen molar-refractivity contribution < 1.29 is 4.74 Å². The first-order valence-electron chi connectivity index (χ1n) is 5.64. The van der Waals surface area contributed by atoms with Gasteiger partial charge in [0, 0.05) is 36.4 Å². The standard InChI is InChI=1S/C14H12N3O/c1-10-8-13-15-6-7-17(13)9-11(10)14-12(18-2)4-3-5-16-14/h3-7,9H,1-2H3. The van der Waals surface area contributed by atoms with Crippen LogP contribution in [0.1, 0.15) is 5.56 Å². The molecule has 0 N–H and O–H groups in total. The van der Waals surface area contributed by atoms with E-state index in [1.165, 1.54) is 0 Å². The molecule has 0 unspecified atom stereocenters. The van der Waals surface area contributed by atoms with Gasteiger partial charge in [0.15, 0.2) is 0 Å². The highest BCUT2D eigenvalue weighted by molar-refractivity contribution is 5.70. The molecule has 0 aromatic carbocycles. The molecule has 3 heterocycles. The smallest absolute Gasteiger partial charge is 0.145 e. The van der Waals surface area contributed by atoms with E-state index in [4.69, 9.17) is 4.74 Å². The number of hydrogen-bond acceptors (Lipinski definition) is 3. The summed E-state index contributed by atoms with van der Waals surface area (Å²) in [5.41, 5.74) is 3.64. The monoisotopic (exact) mass is 238 g/mol. The maximum Gasteiger partial charge on any atom is 0.145 e. The van der Waals surface area contributed by atoms with Gasteiger partial charge < -0.3 is 9.14 Å². The Morgan fingerprint density at radius 1 is 1.28 bits per heavy atom. The Bertz CT molecular complexity index is 703. The molecule has 3 aromatic heterocycles. The minimum absolute atomic E-state index is 0.758. The SMILES string of the molecule is COc1cccnc1-c1cn2ccnc2[c]c1C. The van der Waals surface area contributed by atoms with Crippen molar-refractivity contribution in [3.63, 3.8) is 0 Å². The normalized spacial score (nSPS) is 10.8.